The van der Waals surface area contributed by atoms with Crippen LogP contribution in [0.5, 0.6) is 17.2 Å². The first-order valence-corrected chi connectivity index (χ1v) is 9.70. The highest BCUT2D eigenvalue weighted by molar-refractivity contribution is 9.10. The number of hydrazone groups is 1. The summed E-state index contributed by atoms with van der Waals surface area (Å²) in [6.07, 6.45) is 6.74. The van der Waals surface area contributed by atoms with Crippen LogP contribution >= 0.6 is 15.9 Å². The predicted molar refractivity (Wildman–Crippen MR) is 121 cm³/mol. The third-order valence-electron chi connectivity index (χ3n) is 4.24. The van der Waals surface area contributed by atoms with Gasteiger partial charge in [-0.1, -0.05) is 30.2 Å². The van der Waals surface area contributed by atoms with Gasteiger partial charge in [0.1, 0.15) is 12.4 Å². The summed E-state index contributed by atoms with van der Waals surface area (Å²) in [5.74, 6) is 3.49. The standard InChI is InChI=1S/C23H19BrN2O4/c1-4-9-30-22-19(24)10-15(11-21(22)29-3)14-25-26-23(27)18-12-16-7-5-6-8-17(16)13-20(18)28-2/h1,5-8,10-14H,9H2,2-3H3,(H,26,27)/b25-14-. The third kappa shape index (κ3) is 4.73. The van der Waals surface area contributed by atoms with Crippen molar-refractivity contribution in [2.45, 2.75) is 0 Å². The lowest BCUT2D eigenvalue weighted by atomic mass is 10.1. The molecule has 0 aliphatic carbocycles. The van der Waals surface area contributed by atoms with E-state index in [2.05, 4.69) is 32.4 Å². The minimum absolute atomic E-state index is 0.117. The minimum Gasteiger partial charge on any atom is -0.496 e. The number of hydrogen-bond donors (Lipinski definition) is 1. The van der Waals surface area contributed by atoms with Crippen LogP contribution in [0.1, 0.15) is 15.9 Å². The van der Waals surface area contributed by atoms with Gasteiger partial charge in [-0.05, 0) is 56.5 Å². The fraction of sp³-hybridized carbons (Fsp3) is 0.130. The van der Waals surface area contributed by atoms with Crippen LogP contribution in [0.4, 0.5) is 0 Å². The molecule has 0 atom stereocenters. The molecular weight excluding hydrogens is 448 g/mol. The van der Waals surface area contributed by atoms with Crippen LogP contribution in [0.15, 0.2) is 58.1 Å². The number of fused-ring (bicyclic) bond motifs is 1. The van der Waals surface area contributed by atoms with Crippen molar-refractivity contribution >= 4 is 38.8 Å². The molecule has 152 valence electrons. The molecule has 0 aromatic heterocycles. The number of carbonyl (C=O) groups excluding carboxylic acids is 1. The summed E-state index contributed by atoms with van der Waals surface area (Å²) in [4.78, 5) is 12.6. The summed E-state index contributed by atoms with van der Waals surface area (Å²) in [5, 5.41) is 5.97. The Morgan fingerprint density at radius 3 is 2.50 bits per heavy atom. The number of nitrogens with one attached hydrogen (secondary N) is 1. The van der Waals surface area contributed by atoms with Crippen molar-refractivity contribution in [3.8, 4) is 29.6 Å². The number of methoxy groups -OCH3 is 2. The fourth-order valence-electron chi connectivity index (χ4n) is 2.86. The molecule has 1 N–H and O–H groups in total. The molecule has 0 radical (unpaired) electrons. The Hall–Kier alpha value is -3.50. The molecule has 0 saturated heterocycles. The quantitative estimate of drug-likeness (QED) is 0.318. The molecule has 0 aliphatic heterocycles. The first-order chi connectivity index (χ1) is 14.6. The lowest BCUT2D eigenvalue weighted by Gasteiger charge is -2.11. The molecule has 3 aromatic carbocycles. The summed E-state index contributed by atoms with van der Waals surface area (Å²) in [6, 6.07) is 14.8. The number of hydrogen-bond acceptors (Lipinski definition) is 5. The predicted octanol–water partition coefficient (Wildman–Crippen LogP) is 4.40. The second-order valence-electron chi connectivity index (χ2n) is 6.13. The van der Waals surface area contributed by atoms with Gasteiger partial charge in [-0.15, -0.1) is 6.42 Å². The van der Waals surface area contributed by atoms with Crippen molar-refractivity contribution in [1.82, 2.24) is 5.43 Å². The van der Waals surface area contributed by atoms with Crippen LogP contribution in [0.2, 0.25) is 0 Å². The summed E-state index contributed by atoms with van der Waals surface area (Å²) >= 11 is 3.43. The van der Waals surface area contributed by atoms with E-state index < -0.39 is 0 Å². The number of benzene rings is 3. The van der Waals surface area contributed by atoms with Crippen LogP contribution in [-0.2, 0) is 0 Å². The Kier molecular flexibility index (Phi) is 6.94. The van der Waals surface area contributed by atoms with E-state index in [0.717, 1.165) is 10.8 Å². The maximum Gasteiger partial charge on any atom is 0.275 e. The lowest BCUT2D eigenvalue weighted by Crippen LogP contribution is -2.18. The van der Waals surface area contributed by atoms with Crippen LogP contribution < -0.4 is 19.6 Å². The van der Waals surface area contributed by atoms with Gasteiger partial charge in [-0.25, -0.2) is 5.43 Å². The van der Waals surface area contributed by atoms with Crippen LogP contribution in [0.25, 0.3) is 10.8 Å². The molecule has 30 heavy (non-hydrogen) atoms. The molecule has 1 amide bonds. The zero-order valence-corrected chi connectivity index (χ0v) is 18.0. The smallest absolute Gasteiger partial charge is 0.275 e. The van der Waals surface area contributed by atoms with Gasteiger partial charge in [0.2, 0.25) is 0 Å². The molecule has 0 unspecified atom stereocenters. The second-order valence-corrected chi connectivity index (χ2v) is 6.98. The van der Waals surface area contributed by atoms with E-state index in [1.165, 1.54) is 20.4 Å². The first kappa shape index (κ1) is 21.2. The largest absolute Gasteiger partial charge is 0.496 e. The number of terminal acetylenes is 1. The minimum atomic E-state index is -0.381. The van der Waals surface area contributed by atoms with Gasteiger partial charge in [0, 0.05) is 0 Å². The van der Waals surface area contributed by atoms with Crippen molar-refractivity contribution < 1.29 is 19.0 Å². The van der Waals surface area contributed by atoms with E-state index in [0.29, 0.717) is 32.8 Å². The normalized spacial score (nSPS) is 10.6. The van der Waals surface area contributed by atoms with E-state index in [1.807, 2.05) is 30.3 Å². The zero-order valence-electron chi connectivity index (χ0n) is 16.4. The third-order valence-corrected chi connectivity index (χ3v) is 4.83. The van der Waals surface area contributed by atoms with Gasteiger partial charge in [0.15, 0.2) is 11.5 Å². The monoisotopic (exact) mass is 466 g/mol. The molecule has 0 fully saturated rings. The molecule has 6 nitrogen and oxygen atoms in total. The highest BCUT2D eigenvalue weighted by Gasteiger charge is 2.14. The number of nitrogens with zero attached hydrogens (tertiary/aromatic N) is 1. The van der Waals surface area contributed by atoms with E-state index in [1.54, 1.807) is 18.2 Å². The highest BCUT2D eigenvalue weighted by atomic mass is 79.9. The molecule has 0 saturated carbocycles. The molecule has 0 spiro atoms. The second kappa shape index (κ2) is 9.81. The number of amides is 1. The molecule has 0 heterocycles. The van der Waals surface area contributed by atoms with Crippen molar-refractivity contribution in [3.63, 3.8) is 0 Å². The van der Waals surface area contributed by atoms with Crippen molar-refractivity contribution in [3.05, 3.63) is 64.1 Å². The molecule has 3 rings (SSSR count). The van der Waals surface area contributed by atoms with E-state index in [9.17, 15) is 4.79 Å². The fourth-order valence-corrected chi connectivity index (χ4v) is 3.43. The van der Waals surface area contributed by atoms with Gasteiger partial charge in [-0.3, -0.25) is 4.79 Å². The number of halogens is 1. The Morgan fingerprint density at radius 2 is 1.83 bits per heavy atom. The maximum absolute atomic E-state index is 12.6. The Morgan fingerprint density at radius 1 is 1.13 bits per heavy atom. The van der Waals surface area contributed by atoms with Gasteiger partial charge in [-0.2, -0.15) is 5.10 Å². The Labute approximate surface area is 183 Å². The summed E-state index contributed by atoms with van der Waals surface area (Å²) in [5.41, 5.74) is 3.62. The number of rotatable bonds is 7. The molecule has 0 bridgehead atoms. The first-order valence-electron chi connectivity index (χ1n) is 8.91. The van der Waals surface area contributed by atoms with E-state index >= 15 is 0 Å². The average Bonchev–Trinajstić information content (AvgIpc) is 2.76. The molecule has 3 aromatic rings. The van der Waals surface area contributed by atoms with Gasteiger partial charge < -0.3 is 14.2 Å². The number of ether oxygens (including phenoxy) is 3. The van der Waals surface area contributed by atoms with Crippen LogP contribution in [0.3, 0.4) is 0 Å². The van der Waals surface area contributed by atoms with Crippen molar-refractivity contribution in [1.29, 1.82) is 0 Å². The van der Waals surface area contributed by atoms with Crippen LogP contribution in [-0.4, -0.2) is 32.9 Å². The number of carbonyl (C=O) groups is 1. The Bertz CT molecular complexity index is 1150. The maximum atomic E-state index is 12.6. The van der Waals surface area contributed by atoms with Crippen molar-refractivity contribution in [2.24, 2.45) is 5.10 Å². The lowest BCUT2D eigenvalue weighted by molar-refractivity contribution is 0.0952. The topological polar surface area (TPSA) is 69.2 Å². The summed E-state index contributed by atoms with van der Waals surface area (Å²) in [6.45, 7) is 0.117. The summed E-state index contributed by atoms with van der Waals surface area (Å²) in [7, 11) is 3.05. The van der Waals surface area contributed by atoms with Crippen LogP contribution in [0, 0.1) is 12.3 Å². The van der Waals surface area contributed by atoms with Crippen molar-refractivity contribution in [2.75, 3.05) is 20.8 Å². The van der Waals surface area contributed by atoms with E-state index in [4.69, 9.17) is 20.6 Å². The summed E-state index contributed by atoms with van der Waals surface area (Å²) < 4.78 is 16.9. The highest BCUT2D eigenvalue weighted by Crippen LogP contribution is 2.36. The molecule has 0 aliphatic rings. The Balaban J connectivity index is 1.80. The average molecular weight is 467 g/mol. The van der Waals surface area contributed by atoms with Gasteiger partial charge in [0.25, 0.3) is 5.91 Å². The zero-order chi connectivity index (χ0) is 21.5. The van der Waals surface area contributed by atoms with Gasteiger partial charge in [0.05, 0.1) is 30.5 Å². The molecular formula is C23H19BrN2O4. The van der Waals surface area contributed by atoms with Gasteiger partial charge >= 0.3 is 0 Å². The van der Waals surface area contributed by atoms with E-state index in [-0.39, 0.29) is 12.5 Å². The molecule has 7 heteroatoms. The SMILES string of the molecule is C#CCOc1c(Br)cc(/C=N\NC(=O)c2cc3ccccc3cc2OC)cc1OC.